The van der Waals surface area contributed by atoms with Gasteiger partial charge in [-0.2, -0.15) is 0 Å². The molecule has 1 saturated heterocycles. The normalized spacial score (nSPS) is 26.1. The van der Waals surface area contributed by atoms with Gasteiger partial charge in [-0.15, -0.1) is 0 Å². The fraction of sp³-hybridized carbons (Fsp3) is 0.381. The van der Waals surface area contributed by atoms with E-state index in [0.29, 0.717) is 22.2 Å². The number of fused-ring (bicyclic) bond motifs is 1. The van der Waals surface area contributed by atoms with E-state index in [1.807, 2.05) is 20.2 Å². The number of anilines is 1. The molecule has 1 aliphatic heterocycles. The van der Waals surface area contributed by atoms with Gasteiger partial charge in [-0.05, 0) is 39.1 Å². The number of carbonyl (C=O) groups excluding carboxylic acids is 1. The lowest BCUT2D eigenvalue weighted by atomic mass is 9.98. The van der Waals surface area contributed by atoms with Gasteiger partial charge < -0.3 is 15.5 Å². The molecule has 2 N–H and O–H groups in total. The van der Waals surface area contributed by atoms with Crippen LogP contribution >= 0.6 is 11.6 Å². The van der Waals surface area contributed by atoms with E-state index in [1.165, 1.54) is 0 Å². The summed E-state index contributed by atoms with van der Waals surface area (Å²) < 4.78 is 15.0. The Morgan fingerprint density at radius 2 is 1.96 bits per heavy atom. The molecule has 3 unspecified atom stereocenters. The zero-order chi connectivity index (χ0) is 19.2. The van der Waals surface area contributed by atoms with Crippen molar-refractivity contribution in [2.75, 3.05) is 26.0 Å². The van der Waals surface area contributed by atoms with Gasteiger partial charge in [-0.3, -0.25) is 4.79 Å². The molecular weight excluding hydrogens is 365 g/mol. The molecule has 6 heteroatoms. The number of benzene rings is 2. The number of nitrogens with one attached hydrogen (secondary N) is 2. The highest BCUT2D eigenvalue weighted by molar-refractivity contribution is 6.33. The zero-order valence-electron chi connectivity index (χ0n) is 15.4. The number of nitrogens with zero attached hydrogens (tertiary/aromatic N) is 1. The highest BCUT2D eigenvalue weighted by Gasteiger charge is 2.61. The summed E-state index contributed by atoms with van der Waals surface area (Å²) in [6, 6.07) is 12.2. The van der Waals surface area contributed by atoms with Crippen LogP contribution in [-0.4, -0.2) is 43.5 Å². The summed E-state index contributed by atoms with van der Waals surface area (Å²) in [5.41, 5.74) is 1.35. The van der Waals surface area contributed by atoms with Crippen molar-refractivity contribution in [3.63, 3.8) is 0 Å². The van der Waals surface area contributed by atoms with Crippen molar-refractivity contribution in [2.45, 2.75) is 24.9 Å². The molecular formula is C21H23ClFN3O. The predicted octanol–water partition coefficient (Wildman–Crippen LogP) is 3.77. The molecule has 2 aliphatic rings. The summed E-state index contributed by atoms with van der Waals surface area (Å²) >= 11 is 6.20. The Kier molecular flexibility index (Phi) is 4.70. The fourth-order valence-electron chi connectivity index (χ4n) is 4.29. The molecule has 2 aromatic rings. The van der Waals surface area contributed by atoms with Crippen LogP contribution in [0.2, 0.25) is 5.02 Å². The first-order valence-electron chi connectivity index (χ1n) is 9.15. The molecule has 0 spiro atoms. The van der Waals surface area contributed by atoms with Crippen LogP contribution in [0.15, 0.2) is 42.5 Å². The van der Waals surface area contributed by atoms with E-state index in [4.69, 9.17) is 11.6 Å². The molecule has 4 rings (SSSR count). The van der Waals surface area contributed by atoms with Crippen molar-refractivity contribution >= 4 is 23.2 Å². The smallest absolute Gasteiger partial charge is 0.241 e. The standard InChI is InChI=1S/C21H23ClFN3O/c1-26(2)12-21-10-17(24-18(21)11-21)20(27)25-16-9-5-7-14(19(16)23)13-6-3-4-8-15(13)22/h3-9,17-18,24H,10-12H2,1-2H3,(H,25,27). The minimum atomic E-state index is -0.467. The van der Waals surface area contributed by atoms with Crippen molar-refractivity contribution < 1.29 is 9.18 Å². The largest absolute Gasteiger partial charge is 0.322 e. The Balaban J connectivity index is 1.50. The Morgan fingerprint density at radius 1 is 1.22 bits per heavy atom. The van der Waals surface area contributed by atoms with E-state index in [-0.39, 0.29) is 23.1 Å². The number of hydrogen-bond acceptors (Lipinski definition) is 3. The van der Waals surface area contributed by atoms with Crippen LogP contribution < -0.4 is 10.6 Å². The average molecular weight is 388 g/mol. The summed E-state index contributed by atoms with van der Waals surface area (Å²) in [5, 5.41) is 6.62. The van der Waals surface area contributed by atoms with Gasteiger partial charge >= 0.3 is 0 Å². The van der Waals surface area contributed by atoms with Gasteiger partial charge in [-0.1, -0.05) is 41.9 Å². The molecule has 0 bridgehead atoms. The Morgan fingerprint density at radius 3 is 2.70 bits per heavy atom. The topological polar surface area (TPSA) is 44.4 Å². The third-order valence-corrected chi connectivity index (χ3v) is 5.90. The second-order valence-corrected chi connectivity index (χ2v) is 8.32. The highest BCUT2D eigenvalue weighted by atomic mass is 35.5. The van der Waals surface area contributed by atoms with E-state index < -0.39 is 5.82 Å². The molecule has 2 fully saturated rings. The van der Waals surface area contributed by atoms with E-state index in [2.05, 4.69) is 15.5 Å². The number of carbonyl (C=O) groups is 1. The second-order valence-electron chi connectivity index (χ2n) is 7.92. The van der Waals surface area contributed by atoms with Gasteiger partial charge in [0.1, 0.15) is 0 Å². The van der Waals surface area contributed by atoms with Crippen LogP contribution in [0.5, 0.6) is 0 Å². The van der Waals surface area contributed by atoms with Crippen LogP contribution in [0.3, 0.4) is 0 Å². The summed E-state index contributed by atoms with van der Waals surface area (Å²) in [7, 11) is 4.10. The van der Waals surface area contributed by atoms with Crippen molar-refractivity contribution in [3.8, 4) is 11.1 Å². The first-order valence-corrected chi connectivity index (χ1v) is 9.52. The molecule has 142 valence electrons. The van der Waals surface area contributed by atoms with Gasteiger partial charge in [0.25, 0.3) is 0 Å². The van der Waals surface area contributed by atoms with Gasteiger partial charge in [0.15, 0.2) is 5.82 Å². The minimum absolute atomic E-state index is 0.182. The SMILES string of the molecule is CN(C)CC12CC(C(=O)Nc3cccc(-c4ccccc4Cl)c3F)NC1C2. The third kappa shape index (κ3) is 3.47. The number of piperidine rings is 1. The van der Waals surface area contributed by atoms with Gasteiger partial charge in [0.05, 0.1) is 11.7 Å². The van der Waals surface area contributed by atoms with Crippen LogP contribution in [0.1, 0.15) is 12.8 Å². The minimum Gasteiger partial charge on any atom is -0.322 e. The lowest BCUT2D eigenvalue weighted by molar-refractivity contribution is -0.118. The molecule has 1 amide bonds. The zero-order valence-corrected chi connectivity index (χ0v) is 16.2. The fourth-order valence-corrected chi connectivity index (χ4v) is 4.53. The quantitative estimate of drug-likeness (QED) is 0.820. The summed E-state index contributed by atoms with van der Waals surface area (Å²) in [6.45, 7) is 0.963. The Labute approximate surface area is 163 Å². The Bertz CT molecular complexity index is 887. The summed E-state index contributed by atoms with van der Waals surface area (Å²) in [5.74, 6) is -0.652. The number of rotatable bonds is 5. The van der Waals surface area contributed by atoms with Gasteiger partial charge in [0.2, 0.25) is 5.91 Å². The predicted molar refractivity (Wildman–Crippen MR) is 106 cm³/mol. The van der Waals surface area contributed by atoms with Gasteiger partial charge in [0, 0.05) is 34.2 Å². The van der Waals surface area contributed by atoms with E-state index in [1.54, 1.807) is 36.4 Å². The molecule has 4 nitrogen and oxygen atoms in total. The van der Waals surface area contributed by atoms with Gasteiger partial charge in [-0.25, -0.2) is 4.39 Å². The monoisotopic (exact) mass is 387 g/mol. The highest BCUT2D eigenvalue weighted by Crippen LogP contribution is 2.54. The maximum absolute atomic E-state index is 15.0. The molecule has 27 heavy (non-hydrogen) atoms. The first kappa shape index (κ1) is 18.4. The number of hydrogen-bond donors (Lipinski definition) is 2. The van der Waals surface area contributed by atoms with Crippen LogP contribution in [0, 0.1) is 11.2 Å². The van der Waals surface area contributed by atoms with Crippen molar-refractivity contribution in [2.24, 2.45) is 5.41 Å². The maximum Gasteiger partial charge on any atom is 0.241 e. The molecule has 1 saturated carbocycles. The molecule has 1 aliphatic carbocycles. The summed E-state index contributed by atoms with van der Waals surface area (Å²) in [4.78, 5) is 14.9. The van der Waals surface area contributed by atoms with Crippen molar-refractivity contribution in [1.82, 2.24) is 10.2 Å². The maximum atomic E-state index is 15.0. The molecule has 1 heterocycles. The lowest BCUT2D eigenvalue weighted by Gasteiger charge is -2.19. The van der Waals surface area contributed by atoms with Crippen LogP contribution in [0.25, 0.3) is 11.1 Å². The van der Waals surface area contributed by atoms with E-state index >= 15 is 4.39 Å². The van der Waals surface area contributed by atoms with E-state index in [9.17, 15) is 4.79 Å². The average Bonchev–Trinajstić information content (AvgIpc) is 3.15. The summed E-state index contributed by atoms with van der Waals surface area (Å²) in [6.07, 6.45) is 1.89. The number of halogens is 2. The van der Waals surface area contributed by atoms with Crippen molar-refractivity contribution in [3.05, 3.63) is 53.3 Å². The first-order chi connectivity index (χ1) is 12.9. The number of amides is 1. The lowest BCUT2D eigenvalue weighted by Crippen LogP contribution is -2.38. The van der Waals surface area contributed by atoms with Crippen molar-refractivity contribution in [1.29, 1.82) is 0 Å². The molecule has 0 radical (unpaired) electrons. The second kappa shape index (κ2) is 6.89. The molecule has 2 aromatic carbocycles. The molecule has 0 aromatic heterocycles. The van der Waals surface area contributed by atoms with Crippen LogP contribution in [-0.2, 0) is 4.79 Å². The van der Waals surface area contributed by atoms with Crippen LogP contribution in [0.4, 0.5) is 10.1 Å². The Hall–Kier alpha value is -1.95. The molecule has 3 atom stereocenters. The third-order valence-electron chi connectivity index (χ3n) is 5.57. The van der Waals surface area contributed by atoms with E-state index in [0.717, 1.165) is 19.4 Å².